The van der Waals surface area contributed by atoms with Crippen LogP contribution in [0.3, 0.4) is 0 Å². The third kappa shape index (κ3) is 3.93. The molecule has 1 aromatic carbocycles. The summed E-state index contributed by atoms with van der Waals surface area (Å²) in [5.74, 6) is 0. The van der Waals surface area contributed by atoms with E-state index < -0.39 is 0 Å². The summed E-state index contributed by atoms with van der Waals surface area (Å²) in [6, 6.07) is 13.7. The lowest BCUT2D eigenvalue weighted by atomic mass is 10.1. The van der Waals surface area contributed by atoms with Crippen molar-refractivity contribution in [1.82, 2.24) is 9.88 Å². The largest absolute Gasteiger partial charge is 0.368 e. The lowest BCUT2D eigenvalue weighted by Crippen LogP contribution is -2.44. The third-order valence-electron chi connectivity index (χ3n) is 5.54. The summed E-state index contributed by atoms with van der Waals surface area (Å²) in [7, 11) is 2.13. The molecule has 1 aromatic rings. The molecule has 3 aliphatic rings. The fourth-order valence-corrected chi connectivity index (χ4v) is 4.18. The van der Waals surface area contributed by atoms with E-state index in [1.165, 1.54) is 0 Å². The number of rotatable bonds is 3. The Bertz CT molecular complexity index is 1100. The molecule has 1 aliphatic carbocycles. The van der Waals surface area contributed by atoms with E-state index in [4.69, 9.17) is 16.6 Å². The molecule has 1 N–H and O–H groups in total. The van der Waals surface area contributed by atoms with E-state index >= 15 is 0 Å². The number of anilines is 1. The molecule has 0 atom stereocenters. The summed E-state index contributed by atoms with van der Waals surface area (Å²) in [5.41, 5.74) is 5.74. The minimum atomic E-state index is -0.113. The predicted octanol–water partition coefficient (Wildman–Crippen LogP) is 4.33. The number of H-pyrrole nitrogens is 1. The number of hydrogen-bond donors (Lipinski definition) is 1. The molecule has 6 heteroatoms. The highest BCUT2D eigenvalue weighted by atomic mass is 35.5. The van der Waals surface area contributed by atoms with Gasteiger partial charge in [-0.3, -0.25) is 9.79 Å². The summed E-state index contributed by atoms with van der Waals surface area (Å²) < 4.78 is 0. The van der Waals surface area contributed by atoms with Crippen LogP contribution in [0.1, 0.15) is 18.1 Å². The highest BCUT2D eigenvalue weighted by Gasteiger charge is 2.19. The molecule has 1 saturated heterocycles. The Morgan fingerprint density at radius 1 is 1.10 bits per heavy atom. The minimum absolute atomic E-state index is 0.113. The molecular formula is C23H25ClN4O. The van der Waals surface area contributed by atoms with Crippen LogP contribution in [0.25, 0.3) is 11.3 Å². The zero-order chi connectivity index (χ0) is 20.5. The van der Waals surface area contributed by atoms with E-state index in [-0.39, 0.29) is 5.56 Å². The van der Waals surface area contributed by atoms with Gasteiger partial charge < -0.3 is 14.8 Å². The molecule has 0 amide bonds. The van der Waals surface area contributed by atoms with Gasteiger partial charge in [0, 0.05) is 37.4 Å². The van der Waals surface area contributed by atoms with Gasteiger partial charge in [-0.2, -0.15) is 0 Å². The lowest BCUT2D eigenvalue weighted by Gasteiger charge is -2.34. The number of aliphatic imine (C=N–C) groups is 1. The Kier molecular flexibility index (Phi) is 5.43. The molecule has 29 heavy (non-hydrogen) atoms. The number of halogens is 1. The number of aromatic amines is 1. The van der Waals surface area contributed by atoms with Crippen molar-refractivity contribution in [3.05, 3.63) is 69.0 Å². The van der Waals surface area contributed by atoms with Crippen molar-refractivity contribution in [2.75, 3.05) is 38.1 Å². The maximum atomic E-state index is 12.6. The fourth-order valence-electron chi connectivity index (χ4n) is 3.84. The van der Waals surface area contributed by atoms with Gasteiger partial charge in [0.25, 0.3) is 5.56 Å². The van der Waals surface area contributed by atoms with E-state index in [0.29, 0.717) is 11.3 Å². The first-order valence-corrected chi connectivity index (χ1v) is 10.2. The van der Waals surface area contributed by atoms with Gasteiger partial charge in [-0.25, -0.2) is 0 Å². The Balaban J connectivity index is 1.75. The molecule has 2 aliphatic heterocycles. The topological polar surface area (TPSA) is 51.7 Å². The smallest absolute Gasteiger partial charge is 0.258 e. The van der Waals surface area contributed by atoms with Gasteiger partial charge >= 0.3 is 0 Å². The number of piperazine rings is 1. The number of likely N-dealkylation sites (N-methyl/N-ethyl adjacent to an activating group) is 1. The van der Waals surface area contributed by atoms with Crippen LogP contribution < -0.4 is 10.5 Å². The van der Waals surface area contributed by atoms with E-state index in [9.17, 15) is 4.79 Å². The standard InChI is InChI=1S/C23H25ClN4O/c1-15-13-18(24)21(28-11-9-27(3)10-12-28)14-20(15)25-16(2)22-17-7-5-4-6-8-19(17)26-23(22)29/h4-8,13-14H,9-12H2,1-3H3,(H,26,29)/b25-16+. The minimum Gasteiger partial charge on any atom is -0.368 e. The Labute approximate surface area is 176 Å². The highest BCUT2D eigenvalue weighted by Crippen LogP contribution is 2.34. The van der Waals surface area contributed by atoms with Crippen LogP contribution in [0.4, 0.5) is 11.4 Å². The molecular weight excluding hydrogens is 384 g/mol. The third-order valence-corrected chi connectivity index (χ3v) is 5.84. The lowest BCUT2D eigenvalue weighted by molar-refractivity contribution is 0.313. The number of fused-ring (bicyclic) bond motifs is 1. The van der Waals surface area contributed by atoms with Crippen molar-refractivity contribution in [3.8, 4) is 11.3 Å². The molecule has 0 bridgehead atoms. The highest BCUT2D eigenvalue weighted by molar-refractivity contribution is 6.33. The van der Waals surface area contributed by atoms with Gasteiger partial charge in [0.2, 0.25) is 0 Å². The van der Waals surface area contributed by atoms with Crippen LogP contribution in [-0.4, -0.2) is 48.8 Å². The van der Waals surface area contributed by atoms with E-state index in [2.05, 4.69) is 21.8 Å². The fraction of sp³-hybridized carbons (Fsp3) is 0.304. The SMILES string of the molecule is C/C(=N\c1cc(N2CCN(C)CC2)c(Cl)cc1C)c1c2cccccc-2[nH]c1=O. The van der Waals surface area contributed by atoms with Crippen molar-refractivity contribution in [2.24, 2.45) is 4.99 Å². The van der Waals surface area contributed by atoms with Crippen molar-refractivity contribution < 1.29 is 0 Å². The summed E-state index contributed by atoms with van der Waals surface area (Å²) in [6.45, 7) is 7.78. The monoisotopic (exact) mass is 408 g/mol. The number of nitrogens with zero attached hydrogens (tertiary/aromatic N) is 3. The second-order valence-electron chi connectivity index (χ2n) is 7.64. The van der Waals surface area contributed by atoms with E-state index in [0.717, 1.165) is 59.4 Å². The van der Waals surface area contributed by atoms with E-state index in [1.807, 2.05) is 56.3 Å². The van der Waals surface area contributed by atoms with Gasteiger partial charge in [-0.15, -0.1) is 0 Å². The molecule has 5 nitrogen and oxygen atoms in total. The van der Waals surface area contributed by atoms with Crippen LogP contribution in [0, 0.1) is 6.92 Å². The maximum absolute atomic E-state index is 12.6. The van der Waals surface area contributed by atoms with Crippen molar-refractivity contribution in [3.63, 3.8) is 0 Å². The Morgan fingerprint density at radius 3 is 2.59 bits per heavy atom. The number of hydrogen-bond acceptors (Lipinski definition) is 4. The number of benzene rings is 1. The zero-order valence-corrected chi connectivity index (χ0v) is 17.8. The molecule has 0 unspecified atom stereocenters. The van der Waals surface area contributed by atoms with Crippen LogP contribution in [-0.2, 0) is 0 Å². The van der Waals surface area contributed by atoms with Gasteiger partial charge in [-0.1, -0.05) is 35.9 Å². The number of aryl methyl sites for hydroxylation is 1. The molecule has 1 fully saturated rings. The molecule has 0 spiro atoms. The van der Waals surface area contributed by atoms with Crippen molar-refractivity contribution >= 4 is 28.7 Å². The predicted molar refractivity (Wildman–Crippen MR) is 121 cm³/mol. The average molecular weight is 409 g/mol. The quantitative estimate of drug-likeness (QED) is 0.656. The molecule has 2 heterocycles. The molecule has 0 radical (unpaired) electrons. The van der Waals surface area contributed by atoms with Gasteiger partial charge in [-0.05, 0) is 44.7 Å². The van der Waals surface area contributed by atoms with Crippen LogP contribution in [0.15, 0.2) is 52.3 Å². The van der Waals surface area contributed by atoms with Gasteiger partial charge in [0.1, 0.15) is 0 Å². The van der Waals surface area contributed by atoms with Crippen molar-refractivity contribution in [2.45, 2.75) is 13.8 Å². The second kappa shape index (κ2) is 8.01. The molecule has 4 rings (SSSR count). The summed E-state index contributed by atoms with van der Waals surface area (Å²) in [4.78, 5) is 25.0. The number of nitrogens with one attached hydrogen (secondary N) is 1. The average Bonchev–Trinajstić information content (AvgIpc) is 2.84. The summed E-state index contributed by atoms with van der Waals surface area (Å²) >= 11 is 6.57. The van der Waals surface area contributed by atoms with E-state index in [1.54, 1.807) is 0 Å². The van der Waals surface area contributed by atoms with Crippen LogP contribution >= 0.6 is 11.6 Å². The number of aromatic nitrogens is 1. The molecule has 0 saturated carbocycles. The van der Waals surface area contributed by atoms with Gasteiger partial charge in [0.05, 0.1) is 27.7 Å². The zero-order valence-electron chi connectivity index (χ0n) is 17.0. The Hall–Kier alpha value is -2.63. The first-order chi connectivity index (χ1) is 13.9. The first-order valence-electron chi connectivity index (χ1n) is 9.84. The molecule has 150 valence electrons. The maximum Gasteiger partial charge on any atom is 0.258 e. The summed E-state index contributed by atoms with van der Waals surface area (Å²) in [6.07, 6.45) is 0. The Morgan fingerprint density at radius 2 is 1.83 bits per heavy atom. The summed E-state index contributed by atoms with van der Waals surface area (Å²) in [5, 5.41) is 0.743. The normalized spacial score (nSPS) is 15.9. The van der Waals surface area contributed by atoms with Crippen LogP contribution in [0.5, 0.6) is 0 Å². The second-order valence-corrected chi connectivity index (χ2v) is 8.05. The van der Waals surface area contributed by atoms with Gasteiger partial charge in [0.15, 0.2) is 0 Å². The van der Waals surface area contributed by atoms with Crippen LogP contribution in [0.2, 0.25) is 5.02 Å². The first kappa shape index (κ1) is 19.7. The van der Waals surface area contributed by atoms with Crippen molar-refractivity contribution in [1.29, 1.82) is 0 Å². The molecule has 0 aromatic heterocycles.